The molecule has 1 rings (SSSR count). The molecule has 10 heavy (non-hydrogen) atoms. The van der Waals surface area contributed by atoms with E-state index in [2.05, 4.69) is 28.0 Å². The molecule has 0 radical (unpaired) electrons. The molecule has 2 nitrogen and oxygen atoms in total. The summed E-state index contributed by atoms with van der Waals surface area (Å²) in [4.78, 5) is 0. The van der Waals surface area contributed by atoms with E-state index in [0.717, 1.165) is 11.8 Å². The van der Waals surface area contributed by atoms with Crippen molar-refractivity contribution in [2.75, 3.05) is 5.33 Å². The van der Waals surface area contributed by atoms with Gasteiger partial charge in [-0.25, -0.2) is 0 Å². The lowest BCUT2D eigenvalue weighted by molar-refractivity contribution is 0.719. The molecule has 56 valence electrons. The third-order valence-electron chi connectivity index (χ3n) is 1.60. The average Bonchev–Trinajstić information content (AvgIpc) is 2.20. The van der Waals surface area contributed by atoms with Gasteiger partial charge in [-0.1, -0.05) is 15.9 Å². The summed E-state index contributed by atoms with van der Waals surface area (Å²) in [7, 11) is 1.98. The van der Waals surface area contributed by atoms with Crippen LogP contribution in [0.3, 0.4) is 0 Å². The molecule has 0 unspecified atom stereocenters. The molecule has 1 heterocycles. The molecule has 0 saturated carbocycles. The molecule has 0 amide bonds. The van der Waals surface area contributed by atoms with E-state index in [1.54, 1.807) is 0 Å². The van der Waals surface area contributed by atoms with Gasteiger partial charge in [-0.3, -0.25) is 4.68 Å². The third kappa shape index (κ3) is 1.40. The Morgan fingerprint density at radius 1 is 1.70 bits per heavy atom. The number of halogens is 1. The first kappa shape index (κ1) is 7.79. The molecular weight excluding hydrogens is 192 g/mol. The summed E-state index contributed by atoms with van der Waals surface area (Å²) in [5, 5.41) is 5.14. The van der Waals surface area contributed by atoms with Crippen LogP contribution >= 0.6 is 15.9 Å². The fraction of sp³-hybridized carbons (Fsp3) is 0.571. The van der Waals surface area contributed by atoms with Crippen LogP contribution in [0.25, 0.3) is 0 Å². The van der Waals surface area contributed by atoms with Crippen molar-refractivity contribution < 1.29 is 0 Å². The molecule has 0 fully saturated rings. The van der Waals surface area contributed by atoms with Gasteiger partial charge in [0.15, 0.2) is 0 Å². The van der Waals surface area contributed by atoms with E-state index in [0.29, 0.717) is 0 Å². The third-order valence-corrected chi connectivity index (χ3v) is 2.00. The second-order valence-electron chi connectivity index (χ2n) is 2.34. The minimum absolute atomic E-state index is 1.01. The Balaban J connectivity index is 2.87. The fourth-order valence-electron chi connectivity index (χ4n) is 1.02. The lowest BCUT2D eigenvalue weighted by Crippen LogP contribution is -1.99. The van der Waals surface area contributed by atoms with Gasteiger partial charge in [0.1, 0.15) is 0 Å². The van der Waals surface area contributed by atoms with Crippen LogP contribution < -0.4 is 0 Å². The van der Waals surface area contributed by atoms with Gasteiger partial charge in [-0.05, 0) is 18.9 Å². The summed E-state index contributed by atoms with van der Waals surface area (Å²) < 4.78 is 1.93. The van der Waals surface area contributed by atoms with Crippen LogP contribution in [0.5, 0.6) is 0 Å². The molecule has 0 N–H and O–H groups in total. The summed E-state index contributed by atoms with van der Waals surface area (Å²) in [5.74, 6) is 0. The van der Waals surface area contributed by atoms with Gasteiger partial charge in [0, 0.05) is 18.1 Å². The Hall–Kier alpha value is -0.310. The zero-order chi connectivity index (χ0) is 7.56. The maximum Gasteiger partial charge on any atom is 0.0521 e. The highest BCUT2D eigenvalue weighted by molar-refractivity contribution is 9.09. The average molecular weight is 203 g/mol. The molecule has 0 spiro atoms. The standard InChI is InChI=1S/C7H11BrN2/c1-6-5-9-10(2)7(6)3-4-8/h5H,3-4H2,1-2H3. The van der Waals surface area contributed by atoms with Crippen LogP contribution in [0.2, 0.25) is 0 Å². The molecule has 1 aromatic rings. The number of aromatic nitrogens is 2. The second-order valence-corrected chi connectivity index (χ2v) is 3.13. The Kier molecular flexibility index (Phi) is 2.49. The number of hydrogen-bond acceptors (Lipinski definition) is 1. The van der Waals surface area contributed by atoms with Crippen molar-refractivity contribution >= 4 is 15.9 Å². The van der Waals surface area contributed by atoms with Crippen molar-refractivity contribution in [2.45, 2.75) is 13.3 Å². The molecule has 0 saturated heterocycles. The lowest BCUT2D eigenvalue weighted by Gasteiger charge is -1.98. The first-order chi connectivity index (χ1) is 4.75. The minimum Gasteiger partial charge on any atom is -0.272 e. The number of alkyl halides is 1. The van der Waals surface area contributed by atoms with Crippen LogP contribution in [0.4, 0.5) is 0 Å². The van der Waals surface area contributed by atoms with E-state index in [4.69, 9.17) is 0 Å². The summed E-state index contributed by atoms with van der Waals surface area (Å²) in [5.41, 5.74) is 2.60. The van der Waals surface area contributed by atoms with Gasteiger partial charge < -0.3 is 0 Å². The van der Waals surface area contributed by atoms with E-state index < -0.39 is 0 Å². The highest BCUT2D eigenvalue weighted by Crippen LogP contribution is 2.06. The monoisotopic (exact) mass is 202 g/mol. The van der Waals surface area contributed by atoms with Crippen LogP contribution in [0.1, 0.15) is 11.3 Å². The van der Waals surface area contributed by atoms with Gasteiger partial charge in [0.05, 0.1) is 6.20 Å². The number of hydrogen-bond donors (Lipinski definition) is 0. The highest BCUT2D eigenvalue weighted by atomic mass is 79.9. The SMILES string of the molecule is Cc1cnn(C)c1CCBr. The molecule has 0 atom stereocenters. The van der Waals surface area contributed by atoms with Crippen LogP contribution in [-0.4, -0.2) is 15.1 Å². The predicted octanol–water partition coefficient (Wildman–Crippen LogP) is 1.67. The first-order valence-corrected chi connectivity index (χ1v) is 4.41. The second kappa shape index (κ2) is 3.19. The maximum absolute atomic E-state index is 4.13. The lowest BCUT2D eigenvalue weighted by atomic mass is 10.2. The Morgan fingerprint density at radius 2 is 2.40 bits per heavy atom. The maximum atomic E-state index is 4.13. The molecule has 3 heteroatoms. The Labute approximate surface area is 69.4 Å². The highest BCUT2D eigenvalue weighted by Gasteiger charge is 2.01. The zero-order valence-corrected chi connectivity index (χ0v) is 7.85. The van der Waals surface area contributed by atoms with E-state index in [1.165, 1.54) is 11.3 Å². The van der Waals surface area contributed by atoms with Gasteiger partial charge >= 0.3 is 0 Å². The molecule has 0 aliphatic carbocycles. The van der Waals surface area contributed by atoms with Crippen LogP contribution in [-0.2, 0) is 13.5 Å². The van der Waals surface area contributed by atoms with Crippen LogP contribution in [0, 0.1) is 6.92 Å². The quantitative estimate of drug-likeness (QED) is 0.668. The predicted molar refractivity (Wildman–Crippen MR) is 45.4 cm³/mol. The van der Waals surface area contributed by atoms with E-state index in [1.807, 2.05) is 17.9 Å². The summed E-state index contributed by atoms with van der Waals surface area (Å²) in [6, 6.07) is 0. The largest absolute Gasteiger partial charge is 0.272 e. The van der Waals surface area contributed by atoms with Gasteiger partial charge in [-0.2, -0.15) is 5.10 Å². The molecule has 1 aromatic heterocycles. The minimum atomic E-state index is 1.01. The molecule has 0 aromatic carbocycles. The van der Waals surface area contributed by atoms with E-state index >= 15 is 0 Å². The van der Waals surface area contributed by atoms with E-state index in [-0.39, 0.29) is 0 Å². The topological polar surface area (TPSA) is 17.8 Å². The van der Waals surface area contributed by atoms with Crippen LogP contribution in [0.15, 0.2) is 6.20 Å². The zero-order valence-electron chi connectivity index (χ0n) is 6.26. The molecular formula is C7H11BrN2. The molecule has 0 aliphatic rings. The van der Waals surface area contributed by atoms with Crippen molar-refractivity contribution in [1.82, 2.24) is 9.78 Å². The van der Waals surface area contributed by atoms with Gasteiger partial charge in [-0.15, -0.1) is 0 Å². The number of rotatable bonds is 2. The fourth-order valence-corrected chi connectivity index (χ4v) is 1.40. The molecule has 0 bridgehead atoms. The van der Waals surface area contributed by atoms with Crippen molar-refractivity contribution in [2.24, 2.45) is 7.05 Å². The Bertz CT molecular complexity index is 198. The van der Waals surface area contributed by atoms with Crippen molar-refractivity contribution in [3.05, 3.63) is 17.5 Å². The number of nitrogens with zero attached hydrogens (tertiary/aromatic N) is 2. The number of aryl methyl sites for hydroxylation is 2. The first-order valence-electron chi connectivity index (χ1n) is 3.29. The van der Waals surface area contributed by atoms with Crippen molar-refractivity contribution in [3.8, 4) is 0 Å². The normalized spacial score (nSPS) is 10.3. The summed E-state index contributed by atoms with van der Waals surface area (Å²) >= 11 is 3.40. The summed E-state index contributed by atoms with van der Waals surface area (Å²) in [6.45, 7) is 2.09. The summed E-state index contributed by atoms with van der Waals surface area (Å²) in [6.07, 6.45) is 2.96. The van der Waals surface area contributed by atoms with Gasteiger partial charge in [0.2, 0.25) is 0 Å². The molecule has 0 aliphatic heterocycles. The van der Waals surface area contributed by atoms with Gasteiger partial charge in [0.25, 0.3) is 0 Å². The Morgan fingerprint density at radius 3 is 2.80 bits per heavy atom. The van der Waals surface area contributed by atoms with Crippen molar-refractivity contribution in [3.63, 3.8) is 0 Å². The van der Waals surface area contributed by atoms with E-state index in [9.17, 15) is 0 Å². The van der Waals surface area contributed by atoms with Crippen molar-refractivity contribution in [1.29, 1.82) is 0 Å². The smallest absolute Gasteiger partial charge is 0.0521 e.